The van der Waals surface area contributed by atoms with E-state index in [-0.39, 0.29) is 0 Å². The summed E-state index contributed by atoms with van der Waals surface area (Å²) in [7, 11) is 0. The quantitative estimate of drug-likeness (QED) is 0.620. The molecule has 0 unspecified atom stereocenters. The van der Waals surface area contributed by atoms with Crippen molar-refractivity contribution >= 4 is 6.08 Å². The summed E-state index contributed by atoms with van der Waals surface area (Å²) in [5.41, 5.74) is 2.82. The smallest absolute Gasteiger partial charge is 0.105 e. The zero-order valence-electron chi connectivity index (χ0n) is 8.86. The molecule has 0 aromatic heterocycles. The fourth-order valence-electron chi connectivity index (χ4n) is 2.83. The predicted octanol–water partition coefficient (Wildman–Crippen LogP) is 3.71. The van der Waals surface area contributed by atoms with E-state index in [1.807, 2.05) is 6.26 Å². The highest BCUT2D eigenvalue weighted by molar-refractivity contribution is 5.55. The maximum Gasteiger partial charge on any atom is 0.105 e. The van der Waals surface area contributed by atoms with Gasteiger partial charge in [0.1, 0.15) is 6.10 Å². The minimum atomic E-state index is 0.415. The molecule has 0 spiro atoms. The number of hydrogen-bond donors (Lipinski definition) is 0. The summed E-state index contributed by atoms with van der Waals surface area (Å²) in [5.74, 6) is 0.616. The van der Waals surface area contributed by atoms with E-state index in [1.165, 1.54) is 36.8 Å². The molecule has 1 aromatic carbocycles. The number of hydrogen-bond acceptors (Lipinski definition) is 1. The van der Waals surface area contributed by atoms with Crippen LogP contribution in [0.25, 0.3) is 6.08 Å². The summed E-state index contributed by atoms with van der Waals surface area (Å²) < 4.78 is 5.81. The Kier molecular flexibility index (Phi) is 2.24. The second-order valence-corrected chi connectivity index (χ2v) is 4.50. The summed E-state index contributed by atoms with van der Waals surface area (Å²) in [6.45, 7) is 0. The van der Waals surface area contributed by atoms with Crippen molar-refractivity contribution in [2.24, 2.45) is 0 Å². The van der Waals surface area contributed by atoms with Crippen LogP contribution in [0.1, 0.15) is 42.7 Å². The standard InChI is InChI=1S/C14H16O/c1-2-6-12-11(5-1)9-10-15-14-8-4-3-7-13(12)14/h1-2,5-6,9-10,13-14H,3-4,7-8H2/t13-,14+/m1/s1. The minimum Gasteiger partial charge on any atom is -0.497 e. The van der Waals surface area contributed by atoms with Crippen LogP contribution < -0.4 is 0 Å². The van der Waals surface area contributed by atoms with Gasteiger partial charge in [-0.1, -0.05) is 30.7 Å². The molecule has 15 heavy (non-hydrogen) atoms. The van der Waals surface area contributed by atoms with Crippen molar-refractivity contribution in [3.63, 3.8) is 0 Å². The second-order valence-electron chi connectivity index (χ2n) is 4.50. The van der Waals surface area contributed by atoms with Crippen molar-refractivity contribution in [3.8, 4) is 0 Å². The molecule has 78 valence electrons. The Morgan fingerprint density at radius 2 is 1.93 bits per heavy atom. The summed E-state index contributed by atoms with van der Waals surface area (Å²) in [6.07, 6.45) is 9.56. The van der Waals surface area contributed by atoms with E-state index in [0.717, 1.165) is 0 Å². The van der Waals surface area contributed by atoms with Gasteiger partial charge in [0.15, 0.2) is 0 Å². The van der Waals surface area contributed by atoms with Gasteiger partial charge in [-0.2, -0.15) is 0 Å². The molecule has 2 aliphatic rings. The molecule has 3 rings (SSSR count). The molecular formula is C14H16O. The molecule has 0 amide bonds. The Balaban J connectivity index is 2.04. The SMILES string of the molecule is C1=Cc2ccccc2[C@H]2CCCC[C@@H]2O1. The predicted molar refractivity (Wildman–Crippen MR) is 61.6 cm³/mol. The summed E-state index contributed by atoms with van der Waals surface area (Å²) in [4.78, 5) is 0. The lowest BCUT2D eigenvalue weighted by atomic mass is 9.80. The summed E-state index contributed by atoms with van der Waals surface area (Å²) >= 11 is 0. The Morgan fingerprint density at radius 3 is 2.93 bits per heavy atom. The first-order valence-corrected chi connectivity index (χ1v) is 5.86. The maximum absolute atomic E-state index is 5.81. The fraction of sp³-hybridized carbons (Fsp3) is 0.429. The van der Waals surface area contributed by atoms with Crippen LogP contribution in [0.5, 0.6) is 0 Å². The normalized spacial score (nSPS) is 28.5. The third-order valence-electron chi connectivity index (χ3n) is 3.60. The van der Waals surface area contributed by atoms with Crippen LogP contribution in [0, 0.1) is 0 Å². The van der Waals surface area contributed by atoms with Crippen molar-refractivity contribution in [3.05, 3.63) is 41.7 Å². The fourth-order valence-corrected chi connectivity index (χ4v) is 2.83. The van der Waals surface area contributed by atoms with Gasteiger partial charge in [0.2, 0.25) is 0 Å². The number of ether oxygens (including phenoxy) is 1. The van der Waals surface area contributed by atoms with E-state index in [9.17, 15) is 0 Å². The van der Waals surface area contributed by atoms with Crippen molar-refractivity contribution in [1.29, 1.82) is 0 Å². The first-order valence-electron chi connectivity index (χ1n) is 5.86. The van der Waals surface area contributed by atoms with Crippen LogP contribution >= 0.6 is 0 Å². The molecule has 0 N–H and O–H groups in total. The molecule has 1 heterocycles. The maximum atomic E-state index is 5.81. The topological polar surface area (TPSA) is 9.23 Å². The molecule has 0 bridgehead atoms. The van der Waals surface area contributed by atoms with Gasteiger partial charge >= 0.3 is 0 Å². The van der Waals surface area contributed by atoms with E-state index in [4.69, 9.17) is 4.74 Å². The number of rotatable bonds is 0. The van der Waals surface area contributed by atoms with Crippen LogP contribution in [0.15, 0.2) is 30.5 Å². The molecule has 2 atom stereocenters. The van der Waals surface area contributed by atoms with Gasteiger partial charge in [-0.25, -0.2) is 0 Å². The molecule has 0 saturated heterocycles. The Morgan fingerprint density at radius 1 is 1.07 bits per heavy atom. The zero-order chi connectivity index (χ0) is 10.1. The van der Waals surface area contributed by atoms with Gasteiger partial charge in [-0.05, 0) is 36.5 Å². The van der Waals surface area contributed by atoms with Gasteiger partial charge < -0.3 is 4.74 Å². The average Bonchev–Trinajstić information content (AvgIpc) is 2.48. The molecule has 1 aliphatic carbocycles. The lowest BCUT2D eigenvalue weighted by molar-refractivity contribution is 0.0881. The monoisotopic (exact) mass is 200 g/mol. The van der Waals surface area contributed by atoms with Crippen LogP contribution in [0.3, 0.4) is 0 Å². The van der Waals surface area contributed by atoms with Crippen molar-refractivity contribution < 1.29 is 4.74 Å². The molecular weight excluding hydrogens is 184 g/mol. The lowest BCUT2D eigenvalue weighted by Crippen LogP contribution is -2.24. The van der Waals surface area contributed by atoms with Crippen molar-refractivity contribution in [1.82, 2.24) is 0 Å². The number of benzene rings is 1. The molecule has 1 aliphatic heterocycles. The van der Waals surface area contributed by atoms with E-state index >= 15 is 0 Å². The third-order valence-corrected chi connectivity index (χ3v) is 3.60. The van der Waals surface area contributed by atoms with E-state index in [2.05, 4.69) is 30.3 Å². The summed E-state index contributed by atoms with van der Waals surface area (Å²) in [5, 5.41) is 0. The van der Waals surface area contributed by atoms with Crippen LogP contribution in [0.2, 0.25) is 0 Å². The average molecular weight is 200 g/mol. The highest BCUT2D eigenvalue weighted by Gasteiger charge is 2.29. The van der Waals surface area contributed by atoms with E-state index < -0.39 is 0 Å². The Labute approximate surface area is 90.8 Å². The molecule has 0 radical (unpaired) electrons. The third kappa shape index (κ3) is 1.56. The van der Waals surface area contributed by atoms with Crippen LogP contribution in [-0.4, -0.2) is 6.10 Å². The van der Waals surface area contributed by atoms with Crippen LogP contribution in [-0.2, 0) is 4.74 Å². The number of fused-ring (bicyclic) bond motifs is 3. The highest BCUT2D eigenvalue weighted by atomic mass is 16.5. The first kappa shape index (κ1) is 9.02. The molecule has 1 nitrogen and oxygen atoms in total. The zero-order valence-corrected chi connectivity index (χ0v) is 8.86. The van der Waals surface area contributed by atoms with Crippen molar-refractivity contribution in [2.45, 2.75) is 37.7 Å². The molecule has 1 fully saturated rings. The summed E-state index contributed by atoms with van der Waals surface area (Å²) in [6, 6.07) is 8.69. The van der Waals surface area contributed by atoms with E-state index in [0.29, 0.717) is 12.0 Å². The van der Waals surface area contributed by atoms with Gasteiger partial charge in [0.25, 0.3) is 0 Å². The first-order chi connectivity index (χ1) is 7.45. The second kappa shape index (κ2) is 3.73. The molecule has 1 aromatic rings. The largest absolute Gasteiger partial charge is 0.497 e. The Hall–Kier alpha value is -1.24. The van der Waals surface area contributed by atoms with E-state index in [1.54, 1.807) is 0 Å². The molecule has 1 saturated carbocycles. The van der Waals surface area contributed by atoms with Crippen molar-refractivity contribution in [2.75, 3.05) is 0 Å². The minimum absolute atomic E-state index is 0.415. The molecule has 1 heteroatoms. The van der Waals surface area contributed by atoms with Gasteiger partial charge in [-0.3, -0.25) is 0 Å². The highest BCUT2D eigenvalue weighted by Crippen LogP contribution is 2.38. The van der Waals surface area contributed by atoms with Gasteiger partial charge in [-0.15, -0.1) is 0 Å². The van der Waals surface area contributed by atoms with Gasteiger partial charge in [0.05, 0.1) is 6.26 Å². The lowest BCUT2D eigenvalue weighted by Gasteiger charge is -2.30. The van der Waals surface area contributed by atoms with Gasteiger partial charge in [0, 0.05) is 5.92 Å². The van der Waals surface area contributed by atoms with Crippen LogP contribution in [0.4, 0.5) is 0 Å². The Bertz CT molecular complexity index is 381.